The molecule has 206 valence electrons. The van der Waals surface area contributed by atoms with Crippen LogP contribution >= 0.6 is 11.3 Å². The lowest BCUT2D eigenvalue weighted by Gasteiger charge is -2.24. The number of ether oxygens (including phenoxy) is 3. The van der Waals surface area contributed by atoms with Crippen LogP contribution in [0.5, 0.6) is 17.2 Å². The smallest absolute Gasteiger partial charge is 0.301 e. The van der Waals surface area contributed by atoms with E-state index < -0.39 is 23.5 Å². The predicted molar refractivity (Wildman–Crippen MR) is 151 cm³/mol. The van der Waals surface area contributed by atoms with E-state index >= 15 is 0 Å². The number of benzene rings is 3. The molecule has 0 spiro atoms. The second-order valence-corrected chi connectivity index (χ2v) is 10.0. The number of aromatic nitrogens is 1. The number of anilines is 1. The Morgan fingerprint density at radius 1 is 1.02 bits per heavy atom. The molecule has 4 aromatic rings. The van der Waals surface area contributed by atoms with Crippen LogP contribution in [0.2, 0.25) is 0 Å². The monoisotopic (exact) mass is 562 g/mol. The molecule has 0 saturated carbocycles. The highest BCUT2D eigenvalue weighted by molar-refractivity contribution is 7.22. The Morgan fingerprint density at radius 3 is 2.50 bits per heavy atom. The van der Waals surface area contributed by atoms with Gasteiger partial charge in [0.2, 0.25) is 0 Å². The van der Waals surface area contributed by atoms with E-state index in [0.29, 0.717) is 51.8 Å². The van der Waals surface area contributed by atoms with Gasteiger partial charge in [0, 0.05) is 5.56 Å². The van der Waals surface area contributed by atoms with E-state index in [9.17, 15) is 19.1 Å². The molecule has 2 heterocycles. The molecule has 0 bridgehead atoms. The van der Waals surface area contributed by atoms with Gasteiger partial charge in [-0.25, -0.2) is 9.37 Å². The van der Waals surface area contributed by atoms with E-state index in [1.165, 1.54) is 30.2 Å². The maximum Gasteiger partial charge on any atom is 0.301 e. The third-order valence-corrected chi connectivity index (χ3v) is 7.42. The number of hydrogen-bond donors (Lipinski definition) is 1. The molecule has 5 rings (SSSR count). The summed E-state index contributed by atoms with van der Waals surface area (Å²) in [5.74, 6) is -0.976. The van der Waals surface area contributed by atoms with Crippen molar-refractivity contribution >= 4 is 44.1 Å². The number of methoxy groups -OCH3 is 1. The first-order valence-electron chi connectivity index (χ1n) is 12.8. The van der Waals surface area contributed by atoms with Crippen LogP contribution in [0.3, 0.4) is 0 Å². The summed E-state index contributed by atoms with van der Waals surface area (Å²) in [6.07, 6.45) is 0.799. The summed E-state index contributed by atoms with van der Waals surface area (Å²) in [5, 5.41) is 11.6. The highest BCUT2D eigenvalue weighted by Crippen LogP contribution is 2.46. The van der Waals surface area contributed by atoms with Crippen molar-refractivity contribution in [1.29, 1.82) is 0 Å². The van der Waals surface area contributed by atoms with E-state index in [1.54, 1.807) is 42.5 Å². The predicted octanol–water partition coefficient (Wildman–Crippen LogP) is 6.26. The number of aliphatic hydroxyl groups is 1. The normalized spacial score (nSPS) is 16.5. The molecule has 40 heavy (non-hydrogen) atoms. The van der Waals surface area contributed by atoms with Crippen LogP contribution in [-0.2, 0) is 9.59 Å². The summed E-state index contributed by atoms with van der Waals surface area (Å²) in [7, 11) is 1.52. The lowest BCUT2D eigenvalue weighted by Crippen LogP contribution is -2.29. The van der Waals surface area contributed by atoms with Crippen molar-refractivity contribution < 1.29 is 33.3 Å². The number of halogens is 1. The maximum atomic E-state index is 13.9. The number of fused-ring (bicyclic) bond motifs is 1. The van der Waals surface area contributed by atoms with Crippen LogP contribution in [-0.4, -0.2) is 42.1 Å². The molecule has 1 N–H and O–H groups in total. The fraction of sp³-hybridized carbons (Fsp3) is 0.233. The number of carbonyl (C=O) groups is 2. The molecule has 1 unspecified atom stereocenters. The van der Waals surface area contributed by atoms with Crippen LogP contribution in [0.25, 0.3) is 16.0 Å². The minimum atomic E-state index is -1.04. The fourth-order valence-corrected chi connectivity index (χ4v) is 5.55. The highest BCUT2D eigenvalue weighted by atomic mass is 32.1. The zero-order valence-corrected chi connectivity index (χ0v) is 23.0. The standard InChI is InChI=1S/C30H27FN2O6S/c1-4-14-39-22-13-8-18(15-23(22)38-5-2)26-25(27(34)17-6-10-20(37-3)11-7-17)28(35)29(36)33(26)30-32-21-12-9-19(31)16-24(21)40-30/h6-13,15-16,26,34H,4-5,14H2,1-3H3/b27-25+. The molecule has 1 aromatic heterocycles. The van der Waals surface area contributed by atoms with E-state index in [1.807, 2.05) is 13.8 Å². The summed E-state index contributed by atoms with van der Waals surface area (Å²) in [4.78, 5) is 32.9. The highest BCUT2D eigenvalue weighted by Gasteiger charge is 2.48. The van der Waals surface area contributed by atoms with E-state index in [4.69, 9.17) is 14.2 Å². The van der Waals surface area contributed by atoms with Crippen LogP contribution in [0.15, 0.2) is 66.2 Å². The Morgan fingerprint density at radius 2 is 1.80 bits per heavy atom. The zero-order valence-electron chi connectivity index (χ0n) is 22.1. The maximum absolute atomic E-state index is 13.9. The van der Waals surface area contributed by atoms with Gasteiger partial charge < -0.3 is 19.3 Å². The first-order chi connectivity index (χ1) is 19.4. The summed E-state index contributed by atoms with van der Waals surface area (Å²) < 4.78 is 31.3. The van der Waals surface area contributed by atoms with E-state index in [0.717, 1.165) is 17.8 Å². The quantitative estimate of drug-likeness (QED) is 0.146. The van der Waals surface area contributed by atoms with Crippen molar-refractivity contribution in [3.8, 4) is 17.2 Å². The van der Waals surface area contributed by atoms with Crippen molar-refractivity contribution in [3.63, 3.8) is 0 Å². The molecule has 8 nitrogen and oxygen atoms in total. The van der Waals surface area contributed by atoms with Gasteiger partial charge in [-0.1, -0.05) is 24.3 Å². The second kappa shape index (κ2) is 11.4. The summed E-state index contributed by atoms with van der Waals surface area (Å²) in [5.41, 5.74) is 1.22. The van der Waals surface area contributed by atoms with Crippen molar-refractivity contribution in [2.45, 2.75) is 26.3 Å². The number of rotatable bonds is 9. The van der Waals surface area contributed by atoms with E-state index in [-0.39, 0.29) is 16.5 Å². The number of amides is 1. The largest absolute Gasteiger partial charge is 0.507 e. The van der Waals surface area contributed by atoms with Crippen molar-refractivity contribution in [3.05, 3.63) is 83.2 Å². The summed E-state index contributed by atoms with van der Waals surface area (Å²) in [6.45, 7) is 4.68. The average molecular weight is 563 g/mol. The third kappa shape index (κ3) is 4.98. The molecule has 1 atom stereocenters. The van der Waals surface area contributed by atoms with Gasteiger partial charge in [0.05, 0.1) is 42.2 Å². The Labute approximate surface area is 234 Å². The second-order valence-electron chi connectivity index (χ2n) is 8.99. The van der Waals surface area contributed by atoms with E-state index in [2.05, 4.69) is 4.98 Å². The van der Waals surface area contributed by atoms with Gasteiger partial charge in [-0.2, -0.15) is 0 Å². The molecule has 0 radical (unpaired) electrons. The molecule has 10 heteroatoms. The van der Waals surface area contributed by atoms with Crippen molar-refractivity contribution in [2.24, 2.45) is 0 Å². The van der Waals surface area contributed by atoms with Gasteiger partial charge in [0.25, 0.3) is 5.78 Å². The zero-order chi connectivity index (χ0) is 28.4. The molecule has 0 aliphatic carbocycles. The number of Topliss-reactive ketones (excluding diaryl/α,β-unsaturated/α-hetero) is 1. The van der Waals surface area contributed by atoms with Crippen molar-refractivity contribution in [1.82, 2.24) is 4.98 Å². The minimum absolute atomic E-state index is 0.106. The molecular formula is C30H27FN2O6S. The first kappa shape index (κ1) is 27.1. The number of carbonyl (C=O) groups excluding carboxylic acids is 2. The molecule has 1 fully saturated rings. The Kier molecular flexibility index (Phi) is 7.70. The number of hydrogen-bond acceptors (Lipinski definition) is 8. The van der Waals surface area contributed by atoms with Crippen molar-refractivity contribution in [2.75, 3.05) is 25.2 Å². The number of nitrogens with zero attached hydrogens (tertiary/aromatic N) is 2. The summed E-state index contributed by atoms with van der Waals surface area (Å²) in [6, 6.07) is 14.7. The Hall–Kier alpha value is -4.44. The van der Waals surface area contributed by atoms with Crippen LogP contribution in [0.1, 0.15) is 37.4 Å². The summed E-state index contributed by atoms with van der Waals surface area (Å²) >= 11 is 1.08. The van der Waals surface area contributed by atoms with Gasteiger partial charge in [-0.15, -0.1) is 0 Å². The van der Waals surface area contributed by atoms with Crippen LogP contribution in [0.4, 0.5) is 9.52 Å². The molecule has 1 aliphatic rings. The first-order valence-corrected chi connectivity index (χ1v) is 13.6. The van der Waals surface area contributed by atoms with Crippen LogP contribution in [0, 0.1) is 5.82 Å². The van der Waals surface area contributed by atoms with Gasteiger partial charge in [0.1, 0.15) is 17.3 Å². The molecular weight excluding hydrogens is 535 g/mol. The van der Waals surface area contributed by atoms with Crippen LogP contribution < -0.4 is 19.1 Å². The topological polar surface area (TPSA) is 98.2 Å². The van der Waals surface area contributed by atoms with Gasteiger partial charge in [-0.3, -0.25) is 14.5 Å². The molecule has 3 aromatic carbocycles. The number of aliphatic hydroxyl groups excluding tert-OH is 1. The lowest BCUT2D eigenvalue weighted by molar-refractivity contribution is -0.132. The Bertz CT molecular complexity index is 1610. The SMILES string of the molecule is CCCOc1ccc(C2/C(=C(\O)c3ccc(OC)cc3)C(=O)C(=O)N2c2nc3ccc(F)cc3s2)cc1OCC. The molecule has 1 saturated heterocycles. The lowest BCUT2D eigenvalue weighted by atomic mass is 9.95. The minimum Gasteiger partial charge on any atom is -0.507 e. The Balaban J connectivity index is 1.70. The molecule has 1 amide bonds. The number of ketones is 1. The van der Waals surface area contributed by atoms with Gasteiger partial charge >= 0.3 is 5.91 Å². The fourth-order valence-electron chi connectivity index (χ4n) is 4.53. The number of thiazole rings is 1. The average Bonchev–Trinajstić information content (AvgIpc) is 3.49. The third-order valence-electron chi connectivity index (χ3n) is 6.40. The van der Waals surface area contributed by atoms with Gasteiger partial charge in [-0.05, 0) is 73.5 Å². The molecule has 1 aliphatic heterocycles. The van der Waals surface area contributed by atoms with Gasteiger partial charge in [0.15, 0.2) is 16.6 Å².